The van der Waals surface area contributed by atoms with Gasteiger partial charge in [-0.3, -0.25) is 4.79 Å². The Morgan fingerprint density at radius 2 is 2.07 bits per heavy atom. The number of carbonyl (C=O) groups excluding carboxylic acids is 1. The quantitative estimate of drug-likeness (QED) is 0.635. The maximum atomic E-state index is 11.0. The van der Waals surface area contributed by atoms with Crippen LogP contribution >= 0.6 is 0 Å². The van der Waals surface area contributed by atoms with Crippen LogP contribution in [0.15, 0.2) is 0 Å². The third-order valence-corrected chi connectivity index (χ3v) is 4.47. The van der Waals surface area contributed by atoms with Crippen molar-refractivity contribution in [3.63, 3.8) is 0 Å². The minimum absolute atomic E-state index is 0.126. The summed E-state index contributed by atoms with van der Waals surface area (Å²) in [6, 6.07) is 0. The molecular weight excluding hydrogens is 176 g/mol. The summed E-state index contributed by atoms with van der Waals surface area (Å²) < 4.78 is 5.49. The van der Waals surface area contributed by atoms with E-state index < -0.39 is 0 Å². The van der Waals surface area contributed by atoms with E-state index in [-0.39, 0.29) is 11.6 Å². The zero-order valence-corrected chi connectivity index (χ0v) is 9.59. The van der Waals surface area contributed by atoms with E-state index in [1.807, 2.05) is 0 Å². The number of carbonyl (C=O) groups is 1. The Balaban J connectivity index is 2.10. The van der Waals surface area contributed by atoms with Crippen LogP contribution in [0.3, 0.4) is 0 Å². The van der Waals surface area contributed by atoms with Gasteiger partial charge in [-0.05, 0) is 37.5 Å². The maximum absolute atomic E-state index is 11.0. The topological polar surface area (TPSA) is 26.3 Å². The van der Waals surface area contributed by atoms with Gasteiger partial charge in [-0.1, -0.05) is 13.8 Å². The summed E-state index contributed by atoms with van der Waals surface area (Å²) in [5.74, 6) is 1.22. The number of rotatable bonds is 2. The van der Waals surface area contributed by atoms with E-state index in [9.17, 15) is 4.79 Å². The minimum Gasteiger partial charge on any atom is -0.459 e. The van der Waals surface area contributed by atoms with Crippen LogP contribution in [0.4, 0.5) is 0 Å². The molecule has 2 heteroatoms. The van der Waals surface area contributed by atoms with Gasteiger partial charge >= 0.3 is 5.97 Å². The summed E-state index contributed by atoms with van der Waals surface area (Å²) in [4.78, 5) is 11.0. The van der Waals surface area contributed by atoms with E-state index in [0.29, 0.717) is 11.3 Å². The number of fused-ring (bicyclic) bond motifs is 1. The minimum atomic E-state index is -0.157. The molecule has 0 N–H and O–H groups in total. The van der Waals surface area contributed by atoms with Gasteiger partial charge < -0.3 is 4.74 Å². The number of ether oxygens (including phenoxy) is 1. The highest BCUT2D eigenvalue weighted by atomic mass is 16.6. The number of hydrogen-bond donors (Lipinski definition) is 0. The molecule has 0 aromatic rings. The monoisotopic (exact) mass is 196 g/mol. The predicted molar refractivity (Wildman–Crippen MR) is 54.8 cm³/mol. The smallest absolute Gasteiger partial charge is 0.303 e. The van der Waals surface area contributed by atoms with Crippen molar-refractivity contribution >= 4 is 5.97 Å². The lowest BCUT2D eigenvalue weighted by Crippen LogP contribution is -2.31. The van der Waals surface area contributed by atoms with E-state index >= 15 is 0 Å². The third kappa shape index (κ3) is 1.19. The molecule has 0 bridgehead atoms. The van der Waals surface area contributed by atoms with Gasteiger partial charge in [0.05, 0.1) is 0 Å². The Bertz CT molecular complexity index is 271. The Hall–Kier alpha value is -0.530. The first-order valence-corrected chi connectivity index (χ1v) is 5.60. The van der Waals surface area contributed by atoms with Crippen molar-refractivity contribution in [1.29, 1.82) is 0 Å². The fourth-order valence-electron chi connectivity index (χ4n) is 3.45. The van der Waals surface area contributed by atoms with Gasteiger partial charge in [0.1, 0.15) is 5.60 Å². The van der Waals surface area contributed by atoms with Gasteiger partial charge in [0.25, 0.3) is 0 Å². The van der Waals surface area contributed by atoms with Gasteiger partial charge in [-0.25, -0.2) is 0 Å². The molecule has 0 radical (unpaired) electrons. The highest BCUT2D eigenvalue weighted by Gasteiger charge is 2.69. The Morgan fingerprint density at radius 1 is 1.43 bits per heavy atom. The standard InChI is InChI=1S/C12H20O2/c1-8(2)12-6-5-11(4,10(12)7-12)14-9(3)13/h8,10H,5-7H2,1-4H3/t10-,11+,12-/m1/s1. The van der Waals surface area contributed by atoms with Crippen molar-refractivity contribution in [2.24, 2.45) is 17.3 Å². The van der Waals surface area contributed by atoms with Crippen molar-refractivity contribution in [2.75, 3.05) is 0 Å². The van der Waals surface area contributed by atoms with E-state index in [4.69, 9.17) is 4.74 Å². The fourth-order valence-corrected chi connectivity index (χ4v) is 3.45. The van der Waals surface area contributed by atoms with Gasteiger partial charge in [0.2, 0.25) is 0 Å². The molecule has 0 aromatic carbocycles. The molecule has 2 saturated carbocycles. The zero-order chi connectivity index (χ0) is 10.6. The highest BCUT2D eigenvalue weighted by molar-refractivity contribution is 5.66. The summed E-state index contributed by atoms with van der Waals surface area (Å²) in [5.41, 5.74) is 0.348. The van der Waals surface area contributed by atoms with Crippen LogP contribution in [-0.4, -0.2) is 11.6 Å². The van der Waals surface area contributed by atoms with Gasteiger partial charge in [0.15, 0.2) is 0 Å². The van der Waals surface area contributed by atoms with Crippen molar-refractivity contribution in [1.82, 2.24) is 0 Å². The van der Waals surface area contributed by atoms with E-state index in [1.165, 1.54) is 19.8 Å². The molecule has 2 aliphatic rings. The molecule has 2 rings (SSSR count). The molecule has 2 aliphatic carbocycles. The van der Waals surface area contributed by atoms with Crippen LogP contribution in [0.25, 0.3) is 0 Å². The van der Waals surface area contributed by atoms with E-state index in [2.05, 4.69) is 20.8 Å². The second-order valence-electron chi connectivity index (χ2n) is 5.55. The van der Waals surface area contributed by atoms with E-state index in [1.54, 1.807) is 0 Å². The largest absolute Gasteiger partial charge is 0.459 e. The molecular formula is C12H20O2. The Morgan fingerprint density at radius 3 is 2.43 bits per heavy atom. The summed E-state index contributed by atoms with van der Waals surface area (Å²) in [6.45, 7) is 8.21. The molecule has 0 saturated heterocycles. The highest BCUT2D eigenvalue weighted by Crippen LogP contribution is 2.71. The van der Waals surface area contributed by atoms with Crippen molar-refractivity contribution in [3.8, 4) is 0 Å². The van der Waals surface area contributed by atoms with Crippen LogP contribution in [0.5, 0.6) is 0 Å². The van der Waals surface area contributed by atoms with Gasteiger partial charge in [0, 0.05) is 12.8 Å². The first-order valence-electron chi connectivity index (χ1n) is 5.60. The second kappa shape index (κ2) is 2.74. The molecule has 14 heavy (non-hydrogen) atoms. The maximum Gasteiger partial charge on any atom is 0.303 e. The summed E-state index contributed by atoms with van der Waals surface area (Å²) in [6.07, 6.45) is 3.54. The molecule has 2 fully saturated rings. The first-order chi connectivity index (χ1) is 6.41. The molecule has 0 unspecified atom stereocenters. The third-order valence-electron chi connectivity index (χ3n) is 4.47. The molecule has 0 aromatic heterocycles. The van der Waals surface area contributed by atoms with Gasteiger partial charge in [-0.2, -0.15) is 0 Å². The number of hydrogen-bond acceptors (Lipinski definition) is 2. The van der Waals surface area contributed by atoms with E-state index in [0.717, 1.165) is 12.3 Å². The van der Waals surface area contributed by atoms with Crippen LogP contribution in [0.2, 0.25) is 0 Å². The molecule has 0 aliphatic heterocycles. The zero-order valence-electron chi connectivity index (χ0n) is 9.59. The summed E-state index contributed by atoms with van der Waals surface area (Å²) >= 11 is 0. The average Bonchev–Trinajstić information content (AvgIpc) is 2.70. The lowest BCUT2D eigenvalue weighted by molar-refractivity contribution is -0.156. The Kier molecular flexibility index (Phi) is 1.96. The second-order valence-corrected chi connectivity index (χ2v) is 5.55. The lowest BCUT2D eigenvalue weighted by atomic mass is 9.90. The van der Waals surface area contributed by atoms with Crippen molar-refractivity contribution < 1.29 is 9.53 Å². The average molecular weight is 196 g/mol. The number of esters is 1. The van der Waals surface area contributed by atoms with Crippen molar-refractivity contribution in [3.05, 3.63) is 0 Å². The van der Waals surface area contributed by atoms with Crippen LogP contribution in [-0.2, 0) is 9.53 Å². The van der Waals surface area contributed by atoms with Crippen LogP contribution < -0.4 is 0 Å². The van der Waals surface area contributed by atoms with Gasteiger partial charge in [-0.15, -0.1) is 0 Å². The Labute approximate surface area is 86.0 Å². The normalized spacial score (nSPS) is 45.1. The molecule has 0 amide bonds. The van der Waals surface area contributed by atoms with Crippen LogP contribution in [0, 0.1) is 17.3 Å². The molecule has 3 atom stereocenters. The molecule has 0 heterocycles. The summed E-state index contributed by atoms with van der Waals surface area (Å²) in [7, 11) is 0. The predicted octanol–water partition coefficient (Wildman–Crippen LogP) is 2.76. The molecule has 0 spiro atoms. The first kappa shape index (κ1) is 10.0. The fraction of sp³-hybridized carbons (Fsp3) is 0.917. The van der Waals surface area contributed by atoms with Crippen LogP contribution in [0.1, 0.15) is 47.0 Å². The SMILES string of the molecule is CC(=O)O[C@@]1(C)CC[C@]2(C(C)C)C[C@@H]21. The summed E-state index contributed by atoms with van der Waals surface area (Å²) in [5, 5.41) is 0. The molecule has 2 nitrogen and oxygen atoms in total. The lowest BCUT2D eigenvalue weighted by Gasteiger charge is -2.25. The molecule has 80 valence electrons. The van der Waals surface area contributed by atoms with Crippen molar-refractivity contribution in [2.45, 2.75) is 52.6 Å².